The minimum atomic E-state index is -0.219. The van der Waals surface area contributed by atoms with Crippen LogP contribution in [-0.4, -0.2) is 22.5 Å². The summed E-state index contributed by atoms with van der Waals surface area (Å²) < 4.78 is 7.93. The van der Waals surface area contributed by atoms with E-state index in [0.29, 0.717) is 10.9 Å². The number of ether oxygens (including phenoxy) is 1. The van der Waals surface area contributed by atoms with Crippen LogP contribution in [0.15, 0.2) is 29.1 Å². The molecule has 116 valence electrons. The molecule has 3 heterocycles. The number of carbonyl (C=O) groups is 1. The number of anilines is 1. The first-order chi connectivity index (χ1) is 11.2. The fraction of sp³-hybridized carbons (Fsp3) is 0.133. The van der Waals surface area contributed by atoms with Crippen molar-refractivity contribution in [1.82, 2.24) is 9.97 Å². The van der Waals surface area contributed by atoms with Gasteiger partial charge in [-0.15, -0.1) is 34.0 Å². The summed E-state index contributed by atoms with van der Waals surface area (Å²) in [6.45, 7) is 1.94. The third-order valence-electron chi connectivity index (χ3n) is 3.21. The molecule has 3 aromatic heterocycles. The summed E-state index contributed by atoms with van der Waals surface area (Å²) in [4.78, 5) is 20.6. The normalized spacial score (nSPS) is 11.2. The number of aromatic nitrogens is 2. The van der Waals surface area contributed by atoms with Gasteiger partial charge < -0.3 is 4.74 Å². The second kappa shape index (κ2) is 5.88. The van der Waals surface area contributed by atoms with Gasteiger partial charge in [-0.05, 0) is 18.4 Å². The molecular formula is C15H11N3O2S3. The van der Waals surface area contributed by atoms with E-state index in [0.717, 1.165) is 25.3 Å². The molecule has 4 aromatic rings. The third-order valence-corrected chi connectivity index (χ3v) is 5.73. The maximum absolute atomic E-state index is 11.9. The van der Waals surface area contributed by atoms with Crippen LogP contribution in [0.5, 0.6) is 5.75 Å². The Kier molecular flexibility index (Phi) is 3.72. The number of fused-ring (bicyclic) bond motifs is 3. The average molecular weight is 361 g/mol. The zero-order valence-corrected chi connectivity index (χ0v) is 14.5. The number of carbonyl (C=O) groups excluding carboxylic acids is 1. The lowest BCUT2D eigenvalue weighted by atomic mass is 10.2. The smallest absolute Gasteiger partial charge is 0.264 e. The largest absolute Gasteiger partial charge is 0.483 e. The van der Waals surface area contributed by atoms with E-state index in [1.807, 2.05) is 29.8 Å². The van der Waals surface area contributed by atoms with Gasteiger partial charge in [-0.1, -0.05) is 0 Å². The van der Waals surface area contributed by atoms with Crippen molar-refractivity contribution in [2.45, 2.75) is 6.92 Å². The highest BCUT2D eigenvalue weighted by molar-refractivity contribution is 7.21. The molecule has 8 heteroatoms. The molecule has 0 fully saturated rings. The number of thiazole rings is 2. The number of thiophene rings is 1. The number of rotatable bonds is 4. The molecule has 0 saturated carbocycles. The molecule has 1 amide bonds. The van der Waals surface area contributed by atoms with Crippen LogP contribution in [0.4, 0.5) is 5.13 Å². The second-order valence-electron chi connectivity index (χ2n) is 4.79. The molecule has 0 bridgehead atoms. The highest BCUT2D eigenvalue weighted by Gasteiger charge is 2.14. The Hall–Kier alpha value is -2.03. The average Bonchev–Trinajstić information content (AvgIpc) is 3.23. The Morgan fingerprint density at radius 3 is 3.09 bits per heavy atom. The van der Waals surface area contributed by atoms with Crippen LogP contribution in [0.1, 0.15) is 5.01 Å². The van der Waals surface area contributed by atoms with Gasteiger partial charge in [0, 0.05) is 23.0 Å². The Bertz CT molecular complexity index is 988. The number of nitrogens with one attached hydrogen (secondary N) is 1. The topological polar surface area (TPSA) is 64.1 Å². The van der Waals surface area contributed by atoms with E-state index in [1.165, 1.54) is 11.3 Å². The fourth-order valence-electron chi connectivity index (χ4n) is 2.29. The molecular weight excluding hydrogens is 350 g/mol. The van der Waals surface area contributed by atoms with Crippen molar-refractivity contribution in [2.75, 3.05) is 11.9 Å². The number of hydrogen-bond donors (Lipinski definition) is 1. The van der Waals surface area contributed by atoms with Crippen molar-refractivity contribution < 1.29 is 9.53 Å². The highest BCUT2D eigenvalue weighted by atomic mass is 32.1. The Labute approximate surface area is 143 Å². The fourth-order valence-corrected chi connectivity index (χ4v) is 4.67. The Morgan fingerprint density at radius 2 is 2.26 bits per heavy atom. The van der Waals surface area contributed by atoms with Gasteiger partial charge in [-0.3, -0.25) is 10.1 Å². The van der Waals surface area contributed by atoms with Gasteiger partial charge in [0.2, 0.25) is 0 Å². The lowest BCUT2D eigenvalue weighted by molar-refractivity contribution is -0.118. The van der Waals surface area contributed by atoms with Gasteiger partial charge in [-0.2, -0.15) is 0 Å². The molecule has 0 aliphatic carbocycles. The molecule has 0 radical (unpaired) electrons. The monoisotopic (exact) mass is 361 g/mol. The van der Waals surface area contributed by atoms with Crippen LogP contribution in [0.25, 0.3) is 20.3 Å². The van der Waals surface area contributed by atoms with E-state index in [2.05, 4.69) is 15.3 Å². The van der Waals surface area contributed by atoms with Crippen LogP contribution in [0.3, 0.4) is 0 Å². The summed E-state index contributed by atoms with van der Waals surface area (Å²) in [6, 6.07) is 3.97. The molecule has 0 aliphatic rings. The summed E-state index contributed by atoms with van der Waals surface area (Å²) >= 11 is 4.64. The Morgan fingerprint density at radius 1 is 1.35 bits per heavy atom. The maximum Gasteiger partial charge on any atom is 0.264 e. The molecule has 0 spiro atoms. The lowest BCUT2D eigenvalue weighted by Gasteiger charge is -2.07. The first kappa shape index (κ1) is 14.6. The van der Waals surface area contributed by atoms with Gasteiger partial charge >= 0.3 is 0 Å². The standard InChI is InChI=1S/C15H11N3O2S3/c1-8-17-13-11(23-8)6-10(9-2-4-21-14(9)13)20-7-12(19)18-15-16-3-5-22-15/h2-6H,7H2,1H3,(H,16,18,19). The summed E-state index contributed by atoms with van der Waals surface area (Å²) in [5, 5.41) is 9.13. The predicted octanol–water partition coefficient (Wildman–Crippen LogP) is 4.29. The molecule has 0 unspecified atom stereocenters. The summed E-state index contributed by atoms with van der Waals surface area (Å²) in [5.41, 5.74) is 1.01. The molecule has 0 saturated heterocycles. The van der Waals surface area contributed by atoms with Crippen molar-refractivity contribution in [2.24, 2.45) is 0 Å². The number of hydrogen-bond acceptors (Lipinski definition) is 7. The van der Waals surface area contributed by atoms with E-state index in [4.69, 9.17) is 4.74 Å². The molecule has 5 nitrogen and oxygen atoms in total. The van der Waals surface area contributed by atoms with E-state index < -0.39 is 0 Å². The van der Waals surface area contributed by atoms with Gasteiger partial charge in [-0.25, -0.2) is 9.97 Å². The predicted molar refractivity (Wildman–Crippen MR) is 96.0 cm³/mol. The van der Waals surface area contributed by atoms with Crippen LogP contribution in [0.2, 0.25) is 0 Å². The summed E-state index contributed by atoms with van der Waals surface area (Å²) in [6.07, 6.45) is 1.65. The first-order valence-electron chi connectivity index (χ1n) is 6.80. The van der Waals surface area contributed by atoms with Gasteiger partial charge in [0.1, 0.15) is 5.75 Å². The van der Waals surface area contributed by atoms with Crippen LogP contribution in [-0.2, 0) is 4.79 Å². The van der Waals surface area contributed by atoms with Gasteiger partial charge in [0.25, 0.3) is 5.91 Å². The number of amides is 1. The minimum Gasteiger partial charge on any atom is -0.483 e. The van der Waals surface area contributed by atoms with Crippen LogP contribution >= 0.6 is 34.0 Å². The van der Waals surface area contributed by atoms with Gasteiger partial charge in [0.15, 0.2) is 11.7 Å². The first-order valence-corrected chi connectivity index (χ1v) is 9.38. The van der Waals surface area contributed by atoms with E-state index >= 15 is 0 Å². The van der Waals surface area contributed by atoms with Crippen molar-refractivity contribution in [3.8, 4) is 5.75 Å². The highest BCUT2D eigenvalue weighted by Crippen LogP contribution is 2.38. The molecule has 0 atom stereocenters. The lowest BCUT2D eigenvalue weighted by Crippen LogP contribution is -2.20. The molecule has 1 N–H and O–H groups in total. The SMILES string of the molecule is Cc1nc2c(cc(OCC(=O)Nc3nccs3)c3ccsc32)s1. The van der Waals surface area contributed by atoms with E-state index in [1.54, 1.807) is 28.9 Å². The zero-order chi connectivity index (χ0) is 15.8. The Balaban J connectivity index is 1.60. The quantitative estimate of drug-likeness (QED) is 0.589. The van der Waals surface area contributed by atoms with Crippen molar-refractivity contribution in [3.05, 3.63) is 34.1 Å². The van der Waals surface area contributed by atoms with Crippen LogP contribution < -0.4 is 10.1 Å². The van der Waals surface area contributed by atoms with Crippen LogP contribution in [0, 0.1) is 6.92 Å². The van der Waals surface area contributed by atoms with Gasteiger partial charge in [0.05, 0.1) is 19.9 Å². The summed E-state index contributed by atoms with van der Waals surface area (Å²) in [5.74, 6) is 0.496. The molecule has 4 rings (SSSR count). The third kappa shape index (κ3) is 2.80. The minimum absolute atomic E-state index is 0.0478. The molecule has 1 aromatic carbocycles. The van der Waals surface area contributed by atoms with Crippen molar-refractivity contribution in [3.63, 3.8) is 0 Å². The van der Waals surface area contributed by atoms with Crippen molar-refractivity contribution in [1.29, 1.82) is 0 Å². The maximum atomic E-state index is 11.9. The number of nitrogens with zero attached hydrogens (tertiary/aromatic N) is 2. The van der Waals surface area contributed by atoms with E-state index in [9.17, 15) is 4.79 Å². The second-order valence-corrected chi connectivity index (χ2v) is 7.84. The molecule has 23 heavy (non-hydrogen) atoms. The number of aryl methyl sites for hydroxylation is 1. The molecule has 0 aliphatic heterocycles. The van der Waals surface area contributed by atoms with E-state index in [-0.39, 0.29) is 12.5 Å². The summed E-state index contributed by atoms with van der Waals surface area (Å²) in [7, 11) is 0. The van der Waals surface area contributed by atoms with Crippen molar-refractivity contribution >= 4 is 65.4 Å². The number of benzene rings is 1. The zero-order valence-electron chi connectivity index (χ0n) is 12.0.